The van der Waals surface area contributed by atoms with Gasteiger partial charge in [0.25, 0.3) is 0 Å². The van der Waals surface area contributed by atoms with Crippen molar-refractivity contribution in [1.82, 2.24) is 9.55 Å². The van der Waals surface area contributed by atoms with Gasteiger partial charge in [-0.25, -0.2) is 4.98 Å². The van der Waals surface area contributed by atoms with E-state index in [2.05, 4.69) is 32.3 Å². The second-order valence-electron chi connectivity index (χ2n) is 4.21. The average molecular weight is 207 g/mol. The molecule has 1 heterocycles. The number of anilines is 1. The van der Waals surface area contributed by atoms with E-state index in [1.807, 2.05) is 10.6 Å². The van der Waals surface area contributed by atoms with Crippen molar-refractivity contribution in [2.24, 2.45) is 5.92 Å². The topological polar surface area (TPSA) is 43.8 Å². The zero-order valence-electron chi connectivity index (χ0n) is 9.95. The van der Waals surface area contributed by atoms with E-state index in [1.165, 1.54) is 0 Å². The van der Waals surface area contributed by atoms with Crippen molar-refractivity contribution in [2.45, 2.75) is 40.2 Å². The zero-order valence-corrected chi connectivity index (χ0v) is 9.95. The molecule has 1 rings (SSSR count). The quantitative estimate of drug-likeness (QED) is 0.753. The first-order chi connectivity index (χ1) is 7.10. The minimum atomic E-state index is 0.587. The SMILES string of the molecule is C=CCn1c(CC)nc(CC(C)C)c1N. The summed E-state index contributed by atoms with van der Waals surface area (Å²) < 4.78 is 2.05. The van der Waals surface area contributed by atoms with E-state index in [9.17, 15) is 0 Å². The number of allylic oxidation sites excluding steroid dienone is 1. The van der Waals surface area contributed by atoms with Crippen LogP contribution in [0, 0.1) is 5.92 Å². The number of imidazole rings is 1. The number of aryl methyl sites for hydroxylation is 1. The Balaban J connectivity index is 3.03. The van der Waals surface area contributed by atoms with Crippen LogP contribution in [0.25, 0.3) is 0 Å². The average Bonchev–Trinajstić information content (AvgIpc) is 2.46. The van der Waals surface area contributed by atoms with Crippen molar-refractivity contribution in [1.29, 1.82) is 0 Å². The maximum Gasteiger partial charge on any atom is 0.127 e. The molecule has 0 aliphatic rings. The number of hydrogen-bond acceptors (Lipinski definition) is 2. The maximum absolute atomic E-state index is 6.07. The molecule has 3 heteroatoms. The molecule has 0 atom stereocenters. The predicted molar refractivity (Wildman–Crippen MR) is 64.8 cm³/mol. The standard InChI is InChI=1S/C12H21N3/c1-5-7-15-11(6-2)14-10(12(15)13)8-9(3)4/h5,9H,1,6-8,13H2,2-4H3. The highest BCUT2D eigenvalue weighted by Gasteiger charge is 2.13. The van der Waals surface area contributed by atoms with Crippen LogP contribution in [0.5, 0.6) is 0 Å². The normalized spacial score (nSPS) is 10.9. The van der Waals surface area contributed by atoms with Crippen molar-refractivity contribution in [3.63, 3.8) is 0 Å². The summed E-state index contributed by atoms with van der Waals surface area (Å²) >= 11 is 0. The summed E-state index contributed by atoms with van der Waals surface area (Å²) in [7, 11) is 0. The molecule has 0 spiro atoms. The number of nitrogens with zero attached hydrogens (tertiary/aromatic N) is 2. The Labute approximate surface area is 92.0 Å². The minimum Gasteiger partial charge on any atom is -0.384 e. The van der Waals surface area contributed by atoms with Crippen LogP contribution in [0.3, 0.4) is 0 Å². The molecule has 0 aliphatic heterocycles. The number of rotatable bonds is 5. The summed E-state index contributed by atoms with van der Waals surface area (Å²) in [4.78, 5) is 4.58. The molecule has 0 fully saturated rings. The molecule has 0 aliphatic carbocycles. The molecule has 0 bridgehead atoms. The van der Waals surface area contributed by atoms with E-state index in [-0.39, 0.29) is 0 Å². The van der Waals surface area contributed by atoms with E-state index < -0.39 is 0 Å². The predicted octanol–water partition coefficient (Wildman–Crippen LogP) is 2.41. The van der Waals surface area contributed by atoms with Gasteiger partial charge in [0.05, 0.1) is 5.69 Å². The monoisotopic (exact) mass is 207 g/mol. The summed E-state index contributed by atoms with van der Waals surface area (Å²) in [6.45, 7) is 10.9. The smallest absolute Gasteiger partial charge is 0.127 e. The molecule has 0 aromatic carbocycles. The van der Waals surface area contributed by atoms with E-state index in [4.69, 9.17) is 5.73 Å². The third-order valence-corrected chi connectivity index (χ3v) is 2.39. The van der Waals surface area contributed by atoms with Gasteiger partial charge in [-0.1, -0.05) is 26.8 Å². The van der Waals surface area contributed by atoms with Crippen LogP contribution in [0.4, 0.5) is 5.82 Å². The highest BCUT2D eigenvalue weighted by molar-refractivity contribution is 5.39. The molecule has 15 heavy (non-hydrogen) atoms. The fraction of sp³-hybridized carbons (Fsp3) is 0.583. The highest BCUT2D eigenvalue weighted by atomic mass is 15.1. The molecule has 1 aromatic rings. The van der Waals surface area contributed by atoms with E-state index in [1.54, 1.807) is 0 Å². The highest BCUT2D eigenvalue weighted by Crippen LogP contribution is 2.18. The molecule has 0 saturated heterocycles. The molecular formula is C12H21N3. The second-order valence-corrected chi connectivity index (χ2v) is 4.21. The number of nitrogens with two attached hydrogens (primary N) is 1. The summed E-state index contributed by atoms with van der Waals surface area (Å²) in [5.41, 5.74) is 7.10. The van der Waals surface area contributed by atoms with Crippen LogP contribution in [0.15, 0.2) is 12.7 Å². The minimum absolute atomic E-state index is 0.587. The fourth-order valence-electron chi connectivity index (χ4n) is 1.71. The van der Waals surface area contributed by atoms with E-state index in [0.29, 0.717) is 5.92 Å². The van der Waals surface area contributed by atoms with Gasteiger partial charge in [-0.3, -0.25) is 0 Å². The van der Waals surface area contributed by atoms with Crippen molar-refractivity contribution < 1.29 is 0 Å². The van der Waals surface area contributed by atoms with Gasteiger partial charge in [0.15, 0.2) is 0 Å². The molecule has 0 unspecified atom stereocenters. The van der Waals surface area contributed by atoms with Gasteiger partial charge in [0.1, 0.15) is 11.6 Å². The van der Waals surface area contributed by atoms with Crippen LogP contribution in [-0.4, -0.2) is 9.55 Å². The summed E-state index contributed by atoms with van der Waals surface area (Å²) in [6.07, 6.45) is 3.72. The molecule has 3 nitrogen and oxygen atoms in total. The Hall–Kier alpha value is -1.25. The van der Waals surface area contributed by atoms with Crippen LogP contribution in [0.1, 0.15) is 32.3 Å². The van der Waals surface area contributed by atoms with Crippen molar-refractivity contribution in [3.8, 4) is 0 Å². The van der Waals surface area contributed by atoms with Crippen molar-refractivity contribution in [3.05, 3.63) is 24.2 Å². The lowest BCUT2D eigenvalue weighted by Gasteiger charge is -2.05. The molecular weight excluding hydrogens is 186 g/mol. The Bertz CT molecular complexity index is 337. The molecule has 0 saturated carbocycles. The van der Waals surface area contributed by atoms with Crippen LogP contribution < -0.4 is 5.73 Å². The van der Waals surface area contributed by atoms with Gasteiger partial charge >= 0.3 is 0 Å². The first-order valence-electron chi connectivity index (χ1n) is 5.54. The van der Waals surface area contributed by atoms with Gasteiger partial charge < -0.3 is 10.3 Å². The Morgan fingerprint density at radius 1 is 1.53 bits per heavy atom. The molecule has 0 radical (unpaired) electrons. The first-order valence-corrected chi connectivity index (χ1v) is 5.54. The van der Waals surface area contributed by atoms with Crippen molar-refractivity contribution >= 4 is 5.82 Å². The lowest BCUT2D eigenvalue weighted by atomic mass is 10.1. The maximum atomic E-state index is 6.07. The third-order valence-electron chi connectivity index (χ3n) is 2.39. The molecule has 1 aromatic heterocycles. The largest absolute Gasteiger partial charge is 0.384 e. The summed E-state index contributed by atoms with van der Waals surface area (Å²) in [5.74, 6) is 2.45. The summed E-state index contributed by atoms with van der Waals surface area (Å²) in [5, 5.41) is 0. The Kier molecular flexibility index (Phi) is 3.95. The molecule has 0 amide bonds. The molecule has 84 valence electrons. The van der Waals surface area contributed by atoms with Gasteiger partial charge in [0.2, 0.25) is 0 Å². The zero-order chi connectivity index (χ0) is 11.4. The lowest BCUT2D eigenvalue weighted by molar-refractivity contribution is 0.637. The third kappa shape index (κ3) is 2.61. The van der Waals surface area contributed by atoms with E-state index in [0.717, 1.165) is 36.7 Å². The second kappa shape index (κ2) is 5.01. The number of nitrogen functional groups attached to an aromatic ring is 1. The summed E-state index contributed by atoms with van der Waals surface area (Å²) in [6, 6.07) is 0. The lowest BCUT2D eigenvalue weighted by Crippen LogP contribution is -2.06. The Morgan fingerprint density at radius 2 is 2.20 bits per heavy atom. The number of aromatic nitrogens is 2. The van der Waals surface area contributed by atoms with Crippen LogP contribution in [0.2, 0.25) is 0 Å². The number of hydrogen-bond donors (Lipinski definition) is 1. The first kappa shape index (κ1) is 11.8. The van der Waals surface area contributed by atoms with Gasteiger partial charge in [0, 0.05) is 13.0 Å². The van der Waals surface area contributed by atoms with Gasteiger partial charge in [-0.05, 0) is 12.3 Å². The molecule has 2 N–H and O–H groups in total. The fourth-order valence-corrected chi connectivity index (χ4v) is 1.71. The van der Waals surface area contributed by atoms with Gasteiger partial charge in [-0.15, -0.1) is 6.58 Å². The van der Waals surface area contributed by atoms with Crippen LogP contribution in [-0.2, 0) is 19.4 Å². The van der Waals surface area contributed by atoms with Gasteiger partial charge in [-0.2, -0.15) is 0 Å². The Morgan fingerprint density at radius 3 is 2.67 bits per heavy atom. The van der Waals surface area contributed by atoms with Crippen molar-refractivity contribution in [2.75, 3.05) is 5.73 Å². The van der Waals surface area contributed by atoms with Crippen LogP contribution >= 0.6 is 0 Å². The van der Waals surface area contributed by atoms with E-state index >= 15 is 0 Å².